The summed E-state index contributed by atoms with van der Waals surface area (Å²) in [5, 5.41) is 20.3. The zero-order valence-corrected chi connectivity index (χ0v) is 20.3. The summed E-state index contributed by atoms with van der Waals surface area (Å²) in [6.45, 7) is 6.24. The number of nitro benzene ring substituents is 1. The molecule has 1 unspecified atom stereocenters. The molecule has 1 heterocycles. The Bertz CT molecular complexity index is 826. The number of nitro groups is 1. The van der Waals surface area contributed by atoms with Crippen LogP contribution in [0.25, 0.3) is 0 Å². The number of carbonyl (C=O) groups is 1. The second-order valence-corrected chi connectivity index (χ2v) is 8.79. The molecule has 1 aromatic rings. The molecule has 3 N–H and O–H groups in total. The molecule has 3 rings (SSSR count). The minimum Gasteiger partial charge on any atom is -0.378 e. The smallest absolute Gasteiger partial charge is 0.293 e. The van der Waals surface area contributed by atoms with Crippen LogP contribution in [0, 0.1) is 10.1 Å². The fourth-order valence-electron chi connectivity index (χ4n) is 3.28. The zero-order chi connectivity index (χ0) is 23.3. The van der Waals surface area contributed by atoms with Gasteiger partial charge in [-0.3, -0.25) is 20.0 Å². The lowest BCUT2D eigenvalue weighted by atomic mass is 10.1. The van der Waals surface area contributed by atoms with E-state index in [4.69, 9.17) is 9.88 Å². The van der Waals surface area contributed by atoms with Gasteiger partial charge < -0.3 is 15.0 Å². The molecule has 1 saturated heterocycles. The number of thioether (sulfide) groups is 1. The fourth-order valence-corrected chi connectivity index (χ4v) is 4.62. The topological polar surface area (TPSA) is 111 Å². The van der Waals surface area contributed by atoms with E-state index < -0.39 is 4.92 Å². The molecule has 1 amide bonds. The number of nitrogens with zero attached hydrogens (tertiary/aromatic N) is 2. The Hall–Kier alpha value is -2.01. The fraction of sp³-hybridized carbons (Fsp3) is 0.500. The first-order valence-electron chi connectivity index (χ1n) is 10.8. The van der Waals surface area contributed by atoms with E-state index in [2.05, 4.69) is 23.5 Å². The number of nitrogens with one attached hydrogen (secondary N) is 1. The molecule has 8 nitrogen and oxygen atoms in total. The molecule has 1 fully saturated rings. The standard InChI is InChI=1S/C20H26N4O4S2.C2H6/c21-30-17-6-7-18(19(13-17)24(26)27)22-15(14-29-16-4-2-1-3-5-16)12-20(25)23-8-10-28-11-9-23;1-2/h2,4-7,13,15,22H,1,3,8-12,14,21H2;1-2H3. The van der Waals surface area contributed by atoms with Crippen LogP contribution in [-0.2, 0) is 9.53 Å². The van der Waals surface area contributed by atoms with Crippen LogP contribution < -0.4 is 10.5 Å². The molecule has 176 valence electrons. The van der Waals surface area contributed by atoms with Gasteiger partial charge in [0.2, 0.25) is 5.91 Å². The van der Waals surface area contributed by atoms with Crippen molar-refractivity contribution >= 4 is 41.0 Å². The number of hydrogen-bond acceptors (Lipinski definition) is 8. The second-order valence-electron chi connectivity index (χ2n) is 6.99. The predicted octanol–water partition coefficient (Wildman–Crippen LogP) is 4.58. The maximum absolute atomic E-state index is 12.8. The minimum atomic E-state index is -0.428. The molecular formula is C22H32N4O4S2. The second kappa shape index (κ2) is 14.2. The van der Waals surface area contributed by atoms with Crippen molar-refractivity contribution in [1.29, 1.82) is 0 Å². The molecule has 0 spiro atoms. The third kappa shape index (κ3) is 8.16. The Morgan fingerprint density at radius 1 is 1.31 bits per heavy atom. The molecule has 10 heteroatoms. The van der Waals surface area contributed by atoms with Crippen molar-refractivity contribution in [2.24, 2.45) is 5.14 Å². The Morgan fingerprint density at radius 2 is 2.06 bits per heavy atom. The van der Waals surface area contributed by atoms with E-state index in [0.29, 0.717) is 42.6 Å². The first-order chi connectivity index (χ1) is 15.6. The van der Waals surface area contributed by atoms with Crippen molar-refractivity contribution in [3.63, 3.8) is 0 Å². The average molecular weight is 481 g/mol. The van der Waals surface area contributed by atoms with Gasteiger partial charge in [-0.2, -0.15) is 0 Å². The van der Waals surface area contributed by atoms with Gasteiger partial charge in [0.1, 0.15) is 5.69 Å². The summed E-state index contributed by atoms with van der Waals surface area (Å²) in [4.78, 5) is 27.5. The highest BCUT2D eigenvalue weighted by atomic mass is 32.2. The van der Waals surface area contributed by atoms with Gasteiger partial charge in [-0.25, -0.2) is 0 Å². The van der Waals surface area contributed by atoms with Crippen LogP contribution in [0.15, 0.2) is 46.2 Å². The molecule has 32 heavy (non-hydrogen) atoms. The Kier molecular flexibility index (Phi) is 11.6. The van der Waals surface area contributed by atoms with Crippen LogP contribution in [0.4, 0.5) is 11.4 Å². The van der Waals surface area contributed by atoms with Crippen LogP contribution in [0.3, 0.4) is 0 Å². The summed E-state index contributed by atoms with van der Waals surface area (Å²) in [6, 6.07) is 4.59. The molecule has 1 aromatic carbocycles. The first kappa shape index (κ1) is 26.2. The normalized spacial score (nSPS) is 16.5. The minimum absolute atomic E-state index is 0.0290. The Balaban J connectivity index is 0.00000176. The van der Waals surface area contributed by atoms with Crippen LogP contribution in [-0.4, -0.2) is 53.8 Å². The Labute approximate surface area is 198 Å². The number of anilines is 1. The molecule has 1 aliphatic carbocycles. The number of rotatable bonds is 9. The highest BCUT2D eigenvalue weighted by Crippen LogP contribution is 2.31. The molecular weight excluding hydrogens is 448 g/mol. The lowest BCUT2D eigenvalue weighted by Gasteiger charge is -2.29. The zero-order valence-electron chi connectivity index (χ0n) is 18.6. The lowest BCUT2D eigenvalue weighted by molar-refractivity contribution is -0.384. The highest BCUT2D eigenvalue weighted by molar-refractivity contribution is 8.03. The van der Waals surface area contributed by atoms with E-state index >= 15 is 0 Å². The molecule has 0 bridgehead atoms. The van der Waals surface area contributed by atoms with E-state index in [1.54, 1.807) is 28.8 Å². The summed E-state index contributed by atoms with van der Waals surface area (Å²) < 4.78 is 5.33. The van der Waals surface area contributed by atoms with Gasteiger partial charge in [0, 0.05) is 47.2 Å². The van der Waals surface area contributed by atoms with Crippen molar-refractivity contribution in [2.75, 3.05) is 37.4 Å². The molecule has 1 atom stereocenters. The third-order valence-corrected chi connectivity index (χ3v) is 6.59. The van der Waals surface area contributed by atoms with Gasteiger partial charge in [-0.1, -0.05) is 32.1 Å². The third-order valence-electron chi connectivity index (χ3n) is 4.86. The number of amides is 1. The molecule has 2 aliphatic rings. The lowest BCUT2D eigenvalue weighted by Crippen LogP contribution is -2.43. The first-order valence-corrected chi connectivity index (χ1v) is 12.7. The quantitative estimate of drug-likeness (QED) is 0.300. The van der Waals surface area contributed by atoms with E-state index in [0.717, 1.165) is 29.7 Å². The van der Waals surface area contributed by atoms with E-state index in [-0.39, 0.29) is 24.1 Å². The van der Waals surface area contributed by atoms with Crippen LogP contribution in [0.1, 0.15) is 33.1 Å². The number of carbonyl (C=O) groups excluding carboxylic acids is 1. The molecule has 1 aliphatic heterocycles. The number of ether oxygens (including phenoxy) is 1. The maximum Gasteiger partial charge on any atom is 0.293 e. The van der Waals surface area contributed by atoms with Crippen molar-refractivity contribution in [1.82, 2.24) is 4.90 Å². The van der Waals surface area contributed by atoms with E-state index in [9.17, 15) is 14.9 Å². The number of morpholine rings is 1. The van der Waals surface area contributed by atoms with Gasteiger partial charge in [-0.05, 0) is 36.9 Å². The van der Waals surface area contributed by atoms with Gasteiger partial charge in [0.15, 0.2) is 0 Å². The summed E-state index contributed by atoms with van der Waals surface area (Å²) in [7, 11) is 0. The average Bonchev–Trinajstić information content (AvgIpc) is 2.85. The van der Waals surface area contributed by atoms with Crippen molar-refractivity contribution in [3.8, 4) is 0 Å². The van der Waals surface area contributed by atoms with Crippen molar-refractivity contribution in [3.05, 3.63) is 51.4 Å². The summed E-state index contributed by atoms with van der Waals surface area (Å²) >= 11 is 2.62. The number of nitrogens with two attached hydrogens (primary N) is 1. The van der Waals surface area contributed by atoms with Gasteiger partial charge in [0.05, 0.1) is 18.1 Å². The van der Waals surface area contributed by atoms with E-state index in [1.807, 2.05) is 13.8 Å². The number of hydrogen-bond donors (Lipinski definition) is 2. The van der Waals surface area contributed by atoms with Crippen molar-refractivity contribution in [2.45, 2.75) is 44.0 Å². The molecule has 0 saturated carbocycles. The highest BCUT2D eigenvalue weighted by Gasteiger charge is 2.24. The van der Waals surface area contributed by atoms with Crippen LogP contribution >= 0.6 is 23.7 Å². The summed E-state index contributed by atoms with van der Waals surface area (Å²) in [5.41, 5.74) is 0.349. The summed E-state index contributed by atoms with van der Waals surface area (Å²) in [5.74, 6) is 0.651. The Morgan fingerprint density at radius 3 is 2.69 bits per heavy atom. The monoisotopic (exact) mass is 480 g/mol. The molecule has 0 radical (unpaired) electrons. The number of benzene rings is 1. The van der Waals surface area contributed by atoms with Crippen molar-refractivity contribution < 1.29 is 14.5 Å². The van der Waals surface area contributed by atoms with Crippen LogP contribution in [0.2, 0.25) is 0 Å². The predicted molar refractivity (Wildman–Crippen MR) is 133 cm³/mol. The van der Waals surface area contributed by atoms with E-state index in [1.165, 1.54) is 6.07 Å². The van der Waals surface area contributed by atoms with Crippen LogP contribution in [0.5, 0.6) is 0 Å². The number of allylic oxidation sites excluding steroid dienone is 3. The SMILES string of the molecule is CC.NSc1ccc(NC(CSC2=CCCC=C2)CC(=O)N2CCOCC2)c([N+](=O)[O-])c1. The van der Waals surface area contributed by atoms with Gasteiger partial charge >= 0.3 is 0 Å². The summed E-state index contributed by atoms with van der Waals surface area (Å²) in [6.07, 6.45) is 8.71. The largest absolute Gasteiger partial charge is 0.378 e. The van der Waals surface area contributed by atoms with Gasteiger partial charge in [0.25, 0.3) is 5.69 Å². The van der Waals surface area contributed by atoms with Gasteiger partial charge in [-0.15, -0.1) is 11.8 Å². The molecule has 0 aromatic heterocycles. The maximum atomic E-state index is 12.8.